The molecule has 4 rings (SSSR count). The number of amides is 2. The number of benzene rings is 2. The topological polar surface area (TPSA) is 71.5 Å². The molecular weight excluding hydrogens is 429 g/mol. The summed E-state index contributed by atoms with van der Waals surface area (Å²) in [7, 11) is 0. The van der Waals surface area contributed by atoms with E-state index in [1.807, 2.05) is 6.92 Å². The predicted octanol–water partition coefficient (Wildman–Crippen LogP) is 4.21. The van der Waals surface area contributed by atoms with Gasteiger partial charge in [-0.2, -0.15) is 0 Å². The first kappa shape index (κ1) is 22.1. The maximum atomic E-state index is 13.1. The molecule has 0 atom stereocenters. The molecule has 1 aliphatic rings. The van der Waals surface area contributed by atoms with E-state index >= 15 is 0 Å². The van der Waals surface area contributed by atoms with Crippen LogP contribution in [0.4, 0.5) is 10.1 Å². The SMILES string of the molecule is Cc1nc(Cc2ccc(F)cc2)sc1C(=O)Nc1cccc(C(=O)N2CCOCC2)c1C. The Labute approximate surface area is 190 Å². The third-order valence-electron chi connectivity index (χ3n) is 5.43. The number of ether oxygens (including phenoxy) is 1. The van der Waals surface area contributed by atoms with Gasteiger partial charge in [-0.1, -0.05) is 18.2 Å². The number of morpholine rings is 1. The number of aryl methyl sites for hydroxylation is 1. The first-order valence-corrected chi connectivity index (χ1v) is 11.2. The molecule has 0 unspecified atom stereocenters. The maximum Gasteiger partial charge on any atom is 0.267 e. The van der Waals surface area contributed by atoms with Crippen LogP contribution in [0.1, 0.15) is 41.9 Å². The second-order valence-corrected chi connectivity index (χ2v) is 8.75. The molecule has 2 heterocycles. The fourth-order valence-corrected chi connectivity index (χ4v) is 4.63. The molecule has 1 aliphatic heterocycles. The van der Waals surface area contributed by atoms with Gasteiger partial charge < -0.3 is 15.0 Å². The summed E-state index contributed by atoms with van der Waals surface area (Å²) in [6.45, 7) is 5.82. The van der Waals surface area contributed by atoms with Crippen molar-refractivity contribution in [2.45, 2.75) is 20.3 Å². The van der Waals surface area contributed by atoms with Gasteiger partial charge in [-0.05, 0) is 49.2 Å². The highest BCUT2D eigenvalue weighted by Gasteiger charge is 2.22. The fourth-order valence-electron chi connectivity index (χ4n) is 3.63. The minimum atomic E-state index is -0.283. The summed E-state index contributed by atoms with van der Waals surface area (Å²) < 4.78 is 18.5. The molecule has 1 N–H and O–H groups in total. The van der Waals surface area contributed by atoms with Gasteiger partial charge in [0.05, 0.1) is 23.9 Å². The lowest BCUT2D eigenvalue weighted by atomic mass is 10.0. The molecule has 0 saturated carbocycles. The van der Waals surface area contributed by atoms with Gasteiger partial charge in [0.25, 0.3) is 11.8 Å². The first-order chi connectivity index (χ1) is 15.4. The van der Waals surface area contributed by atoms with Crippen molar-refractivity contribution in [2.24, 2.45) is 0 Å². The average Bonchev–Trinajstić information content (AvgIpc) is 3.17. The number of rotatable bonds is 5. The normalized spacial score (nSPS) is 13.8. The van der Waals surface area contributed by atoms with Crippen molar-refractivity contribution in [2.75, 3.05) is 31.6 Å². The molecular formula is C24H24FN3O3S. The Bertz CT molecular complexity index is 1140. The van der Waals surface area contributed by atoms with Crippen molar-refractivity contribution in [3.05, 3.63) is 80.6 Å². The molecule has 6 nitrogen and oxygen atoms in total. The number of carbonyl (C=O) groups excluding carboxylic acids is 2. The highest BCUT2D eigenvalue weighted by atomic mass is 32.1. The monoisotopic (exact) mass is 453 g/mol. The summed E-state index contributed by atoms with van der Waals surface area (Å²) in [4.78, 5) is 32.7. The van der Waals surface area contributed by atoms with E-state index < -0.39 is 0 Å². The number of nitrogens with zero attached hydrogens (tertiary/aromatic N) is 2. The third-order valence-corrected chi connectivity index (χ3v) is 6.58. The molecule has 0 bridgehead atoms. The molecule has 32 heavy (non-hydrogen) atoms. The summed E-state index contributed by atoms with van der Waals surface area (Å²) in [5, 5.41) is 3.72. The zero-order valence-corrected chi connectivity index (χ0v) is 18.8. The largest absolute Gasteiger partial charge is 0.378 e. The molecule has 1 aromatic heterocycles. The van der Waals surface area contributed by atoms with Crippen LogP contribution in [0.3, 0.4) is 0 Å². The molecule has 0 radical (unpaired) electrons. The summed E-state index contributed by atoms with van der Waals surface area (Å²) in [6, 6.07) is 11.6. The Morgan fingerprint density at radius 1 is 1.12 bits per heavy atom. The molecule has 0 aliphatic carbocycles. The Morgan fingerprint density at radius 2 is 1.84 bits per heavy atom. The van der Waals surface area contributed by atoms with Crippen molar-refractivity contribution in [1.82, 2.24) is 9.88 Å². The summed E-state index contributed by atoms with van der Waals surface area (Å²) >= 11 is 1.32. The number of thiazole rings is 1. The summed E-state index contributed by atoms with van der Waals surface area (Å²) in [5.74, 6) is -0.601. The minimum absolute atomic E-state index is 0.0579. The van der Waals surface area contributed by atoms with E-state index in [4.69, 9.17) is 4.74 Å². The van der Waals surface area contributed by atoms with E-state index in [-0.39, 0.29) is 17.6 Å². The molecule has 8 heteroatoms. The second kappa shape index (κ2) is 9.58. The number of halogens is 1. The van der Waals surface area contributed by atoms with E-state index in [9.17, 15) is 14.0 Å². The summed E-state index contributed by atoms with van der Waals surface area (Å²) in [5.41, 5.74) is 3.47. The van der Waals surface area contributed by atoms with E-state index in [2.05, 4.69) is 10.3 Å². The lowest BCUT2D eigenvalue weighted by Crippen LogP contribution is -2.41. The van der Waals surface area contributed by atoms with Crippen LogP contribution < -0.4 is 5.32 Å². The van der Waals surface area contributed by atoms with Crippen LogP contribution in [0.2, 0.25) is 0 Å². The quantitative estimate of drug-likeness (QED) is 0.628. The number of aromatic nitrogens is 1. The van der Waals surface area contributed by atoms with Crippen LogP contribution in [0.5, 0.6) is 0 Å². The molecule has 0 spiro atoms. The predicted molar refractivity (Wildman–Crippen MR) is 122 cm³/mol. The van der Waals surface area contributed by atoms with Crippen molar-refractivity contribution < 1.29 is 18.7 Å². The Morgan fingerprint density at radius 3 is 2.56 bits per heavy atom. The van der Waals surface area contributed by atoms with Gasteiger partial charge in [0.15, 0.2) is 0 Å². The molecule has 1 fully saturated rings. The van der Waals surface area contributed by atoms with Crippen LogP contribution in [0.25, 0.3) is 0 Å². The Hall–Kier alpha value is -3.10. The van der Waals surface area contributed by atoms with Gasteiger partial charge in [0.2, 0.25) is 0 Å². The number of nitrogens with one attached hydrogen (secondary N) is 1. The number of anilines is 1. The standard InChI is InChI=1S/C24H24FN3O3S/c1-15-19(24(30)28-10-12-31-13-11-28)4-3-5-20(15)27-23(29)22-16(2)26-21(32-22)14-17-6-8-18(25)9-7-17/h3-9H,10-14H2,1-2H3,(H,27,29). The zero-order chi connectivity index (χ0) is 22.7. The Balaban J connectivity index is 1.50. The van der Waals surface area contributed by atoms with Crippen molar-refractivity contribution in [1.29, 1.82) is 0 Å². The van der Waals surface area contributed by atoms with Gasteiger partial charge in [-0.15, -0.1) is 11.3 Å². The maximum absolute atomic E-state index is 13.1. The average molecular weight is 454 g/mol. The highest BCUT2D eigenvalue weighted by molar-refractivity contribution is 7.14. The van der Waals surface area contributed by atoms with E-state index in [0.29, 0.717) is 54.5 Å². The van der Waals surface area contributed by atoms with Gasteiger partial charge in [0, 0.05) is 30.8 Å². The van der Waals surface area contributed by atoms with Crippen molar-refractivity contribution >= 4 is 28.8 Å². The first-order valence-electron chi connectivity index (χ1n) is 10.4. The highest BCUT2D eigenvalue weighted by Crippen LogP contribution is 2.25. The molecule has 166 valence electrons. The molecule has 3 aromatic rings. The second-order valence-electron chi connectivity index (χ2n) is 7.66. The van der Waals surface area contributed by atoms with Crippen LogP contribution in [0, 0.1) is 19.7 Å². The lowest BCUT2D eigenvalue weighted by Gasteiger charge is -2.27. The number of carbonyl (C=O) groups is 2. The van der Waals surface area contributed by atoms with Gasteiger partial charge in [-0.3, -0.25) is 9.59 Å². The number of hydrogen-bond donors (Lipinski definition) is 1. The van der Waals surface area contributed by atoms with E-state index in [0.717, 1.165) is 16.1 Å². The van der Waals surface area contributed by atoms with Crippen LogP contribution in [0.15, 0.2) is 42.5 Å². The van der Waals surface area contributed by atoms with Crippen LogP contribution in [-0.2, 0) is 11.2 Å². The molecule has 2 aromatic carbocycles. The zero-order valence-electron chi connectivity index (χ0n) is 18.0. The lowest BCUT2D eigenvalue weighted by molar-refractivity contribution is 0.0302. The van der Waals surface area contributed by atoms with Gasteiger partial charge in [-0.25, -0.2) is 9.37 Å². The van der Waals surface area contributed by atoms with Crippen molar-refractivity contribution in [3.63, 3.8) is 0 Å². The van der Waals surface area contributed by atoms with Gasteiger partial charge >= 0.3 is 0 Å². The van der Waals surface area contributed by atoms with Gasteiger partial charge in [0.1, 0.15) is 10.7 Å². The Kier molecular flexibility index (Phi) is 6.62. The van der Waals surface area contributed by atoms with Crippen LogP contribution in [-0.4, -0.2) is 48.0 Å². The smallest absolute Gasteiger partial charge is 0.267 e. The van der Waals surface area contributed by atoms with Crippen LogP contribution >= 0.6 is 11.3 Å². The fraction of sp³-hybridized carbons (Fsp3) is 0.292. The number of hydrogen-bond acceptors (Lipinski definition) is 5. The minimum Gasteiger partial charge on any atom is -0.378 e. The van der Waals surface area contributed by atoms with Crippen molar-refractivity contribution in [3.8, 4) is 0 Å². The molecule has 2 amide bonds. The summed E-state index contributed by atoms with van der Waals surface area (Å²) in [6.07, 6.45) is 0.529. The van der Waals surface area contributed by atoms with E-state index in [1.165, 1.54) is 23.5 Å². The van der Waals surface area contributed by atoms with E-state index in [1.54, 1.807) is 42.2 Å². The third kappa shape index (κ3) is 4.87. The molecule has 1 saturated heterocycles.